The Balaban J connectivity index is 1.84. The molecule has 3 aromatic rings. The first-order chi connectivity index (χ1) is 15.0. The number of carbonyl (C=O) groups is 2. The predicted molar refractivity (Wildman–Crippen MR) is 115 cm³/mol. The summed E-state index contributed by atoms with van der Waals surface area (Å²) in [5.41, 5.74) is 1.06. The van der Waals surface area contributed by atoms with Crippen LogP contribution in [0.1, 0.15) is 11.6 Å². The van der Waals surface area contributed by atoms with E-state index in [0.717, 1.165) is 0 Å². The maximum Gasteiger partial charge on any atom is 0.255 e. The molecule has 0 spiro atoms. The summed E-state index contributed by atoms with van der Waals surface area (Å²) in [5.74, 6) is -0.402. The third-order valence-electron chi connectivity index (χ3n) is 5.23. The topological polar surface area (TPSA) is 59.1 Å². The molecule has 158 valence electrons. The molecule has 0 aliphatic carbocycles. The Morgan fingerprint density at radius 1 is 0.903 bits per heavy atom. The van der Waals surface area contributed by atoms with E-state index in [-0.39, 0.29) is 18.0 Å². The van der Waals surface area contributed by atoms with E-state index < -0.39 is 17.8 Å². The molecule has 1 fully saturated rings. The van der Waals surface area contributed by atoms with Gasteiger partial charge in [0.1, 0.15) is 29.9 Å². The average molecular weight is 420 g/mol. The molecule has 6 nitrogen and oxygen atoms in total. The van der Waals surface area contributed by atoms with Gasteiger partial charge in [-0.15, -0.1) is 0 Å². The fourth-order valence-corrected chi connectivity index (χ4v) is 3.75. The zero-order valence-corrected chi connectivity index (χ0v) is 17.1. The van der Waals surface area contributed by atoms with E-state index in [1.165, 1.54) is 36.2 Å². The molecule has 31 heavy (non-hydrogen) atoms. The highest BCUT2D eigenvalue weighted by Crippen LogP contribution is 2.39. The van der Waals surface area contributed by atoms with Gasteiger partial charge in [0.05, 0.1) is 19.9 Å². The van der Waals surface area contributed by atoms with Crippen molar-refractivity contribution >= 4 is 23.2 Å². The van der Waals surface area contributed by atoms with Gasteiger partial charge in [-0.25, -0.2) is 4.39 Å². The van der Waals surface area contributed by atoms with E-state index in [1.807, 2.05) is 6.07 Å². The number of amides is 2. The van der Waals surface area contributed by atoms with Crippen molar-refractivity contribution in [2.75, 3.05) is 30.6 Å². The third kappa shape index (κ3) is 3.70. The summed E-state index contributed by atoms with van der Waals surface area (Å²) in [5, 5.41) is 0. The van der Waals surface area contributed by atoms with Gasteiger partial charge in [-0.1, -0.05) is 36.4 Å². The van der Waals surface area contributed by atoms with Gasteiger partial charge in [0.15, 0.2) is 0 Å². The number of piperazine rings is 1. The standard InChI is InChI=1S/C24H21FN2O4/c1-30-17-12-13-20(21(14-17)31-2)26-15-22(28)27(16-8-4-3-5-9-16)23(24(26)29)18-10-6-7-11-19(18)25/h3-14,23H,15H2,1-2H3. The number of nitrogens with zero attached hydrogens (tertiary/aromatic N) is 2. The fraction of sp³-hybridized carbons (Fsp3) is 0.167. The smallest absolute Gasteiger partial charge is 0.255 e. The summed E-state index contributed by atoms with van der Waals surface area (Å²) in [4.78, 5) is 29.7. The minimum Gasteiger partial charge on any atom is -0.497 e. The van der Waals surface area contributed by atoms with Crippen molar-refractivity contribution in [1.29, 1.82) is 0 Å². The van der Waals surface area contributed by atoms with Crippen LogP contribution in [-0.2, 0) is 9.59 Å². The number of ether oxygens (including phenoxy) is 2. The summed E-state index contributed by atoms with van der Waals surface area (Å²) >= 11 is 0. The van der Waals surface area contributed by atoms with Gasteiger partial charge >= 0.3 is 0 Å². The van der Waals surface area contributed by atoms with Crippen LogP contribution in [0.25, 0.3) is 0 Å². The van der Waals surface area contributed by atoms with Crippen LogP contribution in [0, 0.1) is 5.82 Å². The van der Waals surface area contributed by atoms with Crippen LogP contribution in [-0.4, -0.2) is 32.6 Å². The van der Waals surface area contributed by atoms with Gasteiger partial charge in [-0.3, -0.25) is 19.4 Å². The quantitative estimate of drug-likeness (QED) is 0.627. The molecule has 1 atom stereocenters. The number of benzene rings is 3. The number of halogens is 1. The second-order valence-electron chi connectivity index (χ2n) is 6.99. The molecule has 0 aromatic heterocycles. The highest BCUT2D eigenvalue weighted by molar-refractivity contribution is 6.15. The summed E-state index contributed by atoms with van der Waals surface area (Å²) in [6, 6.07) is 18.6. The Bertz CT molecular complexity index is 1120. The van der Waals surface area contributed by atoms with Crippen molar-refractivity contribution in [3.63, 3.8) is 0 Å². The highest BCUT2D eigenvalue weighted by Gasteiger charge is 2.43. The third-order valence-corrected chi connectivity index (χ3v) is 5.23. The van der Waals surface area contributed by atoms with Crippen molar-refractivity contribution in [1.82, 2.24) is 0 Å². The first kappa shape index (κ1) is 20.4. The molecule has 0 saturated carbocycles. The Morgan fingerprint density at radius 2 is 1.61 bits per heavy atom. The molecular formula is C24H21FN2O4. The molecule has 1 heterocycles. The minimum absolute atomic E-state index is 0.127. The predicted octanol–water partition coefficient (Wildman–Crippen LogP) is 3.96. The summed E-state index contributed by atoms with van der Waals surface area (Å²) in [7, 11) is 3.00. The molecule has 0 bridgehead atoms. The number of methoxy groups -OCH3 is 2. The molecule has 1 saturated heterocycles. The van der Waals surface area contributed by atoms with E-state index >= 15 is 0 Å². The maximum absolute atomic E-state index is 14.8. The second kappa shape index (κ2) is 8.47. The van der Waals surface area contributed by atoms with E-state index in [2.05, 4.69) is 0 Å². The average Bonchev–Trinajstić information content (AvgIpc) is 2.80. The summed E-state index contributed by atoms with van der Waals surface area (Å²) in [6.07, 6.45) is 0. The van der Waals surface area contributed by atoms with Gasteiger partial charge in [0, 0.05) is 17.3 Å². The van der Waals surface area contributed by atoms with E-state index in [4.69, 9.17) is 9.47 Å². The molecule has 3 aromatic carbocycles. The molecule has 1 aliphatic heterocycles. The van der Waals surface area contributed by atoms with E-state index in [9.17, 15) is 14.0 Å². The van der Waals surface area contributed by atoms with Crippen molar-refractivity contribution < 1.29 is 23.5 Å². The summed E-state index contributed by atoms with van der Waals surface area (Å²) in [6.45, 7) is -0.207. The Hall–Kier alpha value is -3.87. The SMILES string of the molecule is COc1ccc(N2CC(=O)N(c3ccccc3)C(c3ccccc3F)C2=O)c(OC)c1. The molecular weight excluding hydrogens is 399 g/mol. The number of hydrogen-bond donors (Lipinski definition) is 0. The van der Waals surface area contributed by atoms with Crippen LogP contribution >= 0.6 is 0 Å². The first-order valence-electron chi connectivity index (χ1n) is 9.70. The van der Waals surface area contributed by atoms with Crippen molar-refractivity contribution in [2.45, 2.75) is 6.04 Å². The molecule has 7 heteroatoms. The molecule has 0 radical (unpaired) electrons. The molecule has 1 aliphatic rings. The lowest BCUT2D eigenvalue weighted by atomic mass is 9.98. The lowest BCUT2D eigenvalue weighted by molar-refractivity contribution is -0.128. The van der Waals surface area contributed by atoms with Crippen LogP contribution in [0.3, 0.4) is 0 Å². The van der Waals surface area contributed by atoms with Crippen LogP contribution in [0.4, 0.5) is 15.8 Å². The zero-order chi connectivity index (χ0) is 22.0. The molecule has 2 amide bonds. The Kier molecular flexibility index (Phi) is 5.58. The normalized spacial score (nSPS) is 16.4. The Morgan fingerprint density at radius 3 is 2.29 bits per heavy atom. The van der Waals surface area contributed by atoms with Crippen LogP contribution < -0.4 is 19.3 Å². The van der Waals surface area contributed by atoms with E-state index in [0.29, 0.717) is 22.9 Å². The zero-order valence-electron chi connectivity index (χ0n) is 17.1. The van der Waals surface area contributed by atoms with Crippen molar-refractivity contribution in [2.24, 2.45) is 0 Å². The molecule has 0 N–H and O–H groups in total. The molecule has 1 unspecified atom stereocenters. The van der Waals surface area contributed by atoms with Crippen molar-refractivity contribution in [3.8, 4) is 11.5 Å². The first-order valence-corrected chi connectivity index (χ1v) is 9.70. The number of hydrogen-bond acceptors (Lipinski definition) is 4. The number of rotatable bonds is 5. The number of carbonyl (C=O) groups excluding carboxylic acids is 2. The number of para-hydroxylation sites is 1. The van der Waals surface area contributed by atoms with Crippen LogP contribution in [0.2, 0.25) is 0 Å². The maximum atomic E-state index is 14.8. The van der Waals surface area contributed by atoms with Gasteiger partial charge in [0.25, 0.3) is 5.91 Å². The second-order valence-corrected chi connectivity index (χ2v) is 6.99. The van der Waals surface area contributed by atoms with Crippen LogP contribution in [0.5, 0.6) is 11.5 Å². The van der Waals surface area contributed by atoms with Crippen LogP contribution in [0.15, 0.2) is 72.8 Å². The van der Waals surface area contributed by atoms with Gasteiger partial charge in [-0.2, -0.15) is 0 Å². The Labute approximate surface area is 179 Å². The van der Waals surface area contributed by atoms with Gasteiger partial charge in [-0.05, 0) is 30.3 Å². The van der Waals surface area contributed by atoms with Gasteiger partial charge < -0.3 is 9.47 Å². The minimum atomic E-state index is -1.16. The molecule has 4 rings (SSSR count). The summed E-state index contributed by atoms with van der Waals surface area (Å²) < 4.78 is 25.4. The van der Waals surface area contributed by atoms with E-state index in [1.54, 1.807) is 54.6 Å². The lowest BCUT2D eigenvalue weighted by Crippen LogP contribution is -2.56. The van der Waals surface area contributed by atoms with Crippen molar-refractivity contribution in [3.05, 3.63) is 84.2 Å². The monoisotopic (exact) mass is 420 g/mol. The number of anilines is 2. The fourth-order valence-electron chi connectivity index (χ4n) is 3.75. The highest BCUT2D eigenvalue weighted by atomic mass is 19.1. The van der Waals surface area contributed by atoms with Gasteiger partial charge in [0.2, 0.25) is 5.91 Å². The lowest BCUT2D eigenvalue weighted by Gasteiger charge is -2.40. The largest absolute Gasteiger partial charge is 0.497 e.